The van der Waals surface area contributed by atoms with Gasteiger partial charge in [-0.15, -0.1) is 0 Å². The normalized spacial score (nSPS) is 62.0. The Labute approximate surface area is 170 Å². The largest absolute Gasteiger partial charge is 0.393 e. The van der Waals surface area contributed by atoms with Crippen molar-refractivity contribution in [3.8, 4) is 0 Å². The molecule has 6 aliphatic rings. The first-order valence-corrected chi connectivity index (χ1v) is 12.2. The first kappa shape index (κ1) is 18.4. The van der Waals surface area contributed by atoms with Crippen molar-refractivity contribution in [2.24, 2.45) is 39.9 Å². The van der Waals surface area contributed by atoms with Crippen LogP contribution in [0.25, 0.3) is 0 Å². The fraction of sp³-hybridized carbons (Fsp3) is 0.960. The number of rotatable bonds is 1. The molecule has 0 bridgehead atoms. The molecule has 10 atom stereocenters. The van der Waals surface area contributed by atoms with Crippen molar-refractivity contribution >= 4 is 5.78 Å². The summed E-state index contributed by atoms with van der Waals surface area (Å²) in [6.45, 7) is 6.93. The Morgan fingerprint density at radius 2 is 1.75 bits per heavy atom. The molecule has 0 unspecified atom stereocenters. The van der Waals surface area contributed by atoms with Gasteiger partial charge in [-0.3, -0.25) is 4.79 Å². The van der Waals surface area contributed by atoms with Crippen LogP contribution in [0.15, 0.2) is 0 Å². The van der Waals surface area contributed by atoms with E-state index in [1.807, 2.05) is 6.92 Å². The first-order valence-electron chi connectivity index (χ1n) is 12.2. The quantitative estimate of drug-likeness (QED) is 0.652. The van der Waals surface area contributed by atoms with Gasteiger partial charge in [0.25, 0.3) is 0 Å². The summed E-state index contributed by atoms with van der Waals surface area (Å²) in [5.74, 6) is 3.27. The van der Waals surface area contributed by atoms with E-state index in [1.165, 1.54) is 44.9 Å². The number of Topliss-reactive ketones (excluding diaryl/α,β-unsaturated/α-hetero) is 1. The molecule has 0 aromatic heterocycles. The van der Waals surface area contributed by atoms with Crippen LogP contribution in [-0.4, -0.2) is 28.7 Å². The second-order valence-corrected chi connectivity index (χ2v) is 12.1. The Morgan fingerprint density at radius 3 is 2.54 bits per heavy atom. The van der Waals surface area contributed by atoms with Crippen LogP contribution in [0.5, 0.6) is 0 Å². The van der Waals surface area contributed by atoms with Gasteiger partial charge < -0.3 is 9.84 Å². The molecule has 5 aliphatic carbocycles. The summed E-state index contributed by atoms with van der Waals surface area (Å²) in [5.41, 5.74) is 0.371. The number of epoxide rings is 1. The first-order chi connectivity index (χ1) is 13.3. The lowest BCUT2D eigenvalue weighted by Crippen LogP contribution is -2.60. The van der Waals surface area contributed by atoms with Crippen LogP contribution in [0.4, 0.5) is 0 Å². The van der Waals surface area contributed by atoms with Gasteiger partial charge in [-0.1, -0.05) is 26.7 Å². The summed E-state index contributed by atoms with van der Waals surface area (Å²) in [7, 11) is 0. The van der Waals surface area contributed by atoms with Crippen LogP contribution < -0.4 is 0 Å². The molecule has 1 saturated heterocycles. The van der Waals surface area contributed by atoms with E-state index >= 15 is 0 Å². The number of fused-ring (bicyclic) bond motifs is 6. The number of ether oxygens (including phenoxy) is 1. The summed E-state index contributed by atoms with van der Waals surface area (Å²) in [4.78, 5) is 13.2. The van der Waals surface area contributed by atoms with E-state index in [2.05, 4.69) is 13.8 Å². The third kappa shape index (κ3) is 1.84. The number of aliphatic hydroxyl groups is 1. The Kier molecular flexibility index (Phi) is 3.57. The van der Waals surface area contributed by atoms with Gasteiger partial charge in [0, 0.05) is 17.3 Å². The van der Waals surface area contributed by atoms with E-state index in [4.69, 9.17) is 4.74 Å². The second-order valence-electron chi connectivity index (χ2n) is 12.1. The van der Waals surface area contributed by atoms with Crippen LogP contribution in [-0.2, 0) is 9.53 Å². The van der Waals surface area contributed by atoms with Crippen LogP contribution in [0, 0.1) is 39.9 Å². The highest BCUT2D eigenvalue weighted by Crippen LogP contribution is 2.77. The molecule has 156 valence electrons. The maximum absolute atomic E-state index is 13.2. The summed E-state index contributed by atoms with van der Waals surface area (Å²) >= 11 is 0. The molecule has 3 nitrogen and oxygen atoms in total. The SMILES string of the molecule is CC(=O)[C@]12CCCC[C@H]1C[C@H]1[C@@H]3C[C@H]4O[C@]45C[C@H](O)CC[C@]5(C)[C@H]3CC[C@@]12C. The predicted molar refractivity (Wildman–Crippen MR) is 108 cm³/mol. The standard InChI is InChI=1S/C25H38O3/c1-15(26)24-9-5-4-6-16(24)12-20-18-13-21-25(28-21)14-17(27)7-10-23(25,3)19(18)8-11-22(20,24)2/h16-21,27H,4-14H2,1-3H3/t16-,17+,18+,19-,20-,21+,22-,23+,24+,25+/m0/s1. The van der Waals surface area contributed by atoms with Crippen LogP contribution in [0.3, 0.4) is 0 Å². The number of ketones is 1. The third-order valence-electron chi connectivity index (χ3n) is 11.7. The maximum Gasteiger partial charge on any atom is 0.136 e. The van der Waals surface area contributed by atoms with Gasteiger partial charge in [0.05, 0.1) is 12.2 Å². The summed E-state index contributed by atoms with van der Waals surface area (Å²) in [6.07, 6.45) is 13.1. The van der Waals surface area contributed by atoms with Gasteiger partial charge in [-0.05, 0) is 87.4 Å². The lowest BCUT2D eigenvalue weighted by Gasteiger charge is -2.61. The van der Waals surface area contributed by atoms with Crippen molar-refractivity contribution in [1.82, 2.24) is 0 Å². The monoisotopic (exact) mass is 386 g/mol. The van der Waals surface area contributed by atoms with E-state index < -0.39 is 0 Å². The maximum atomic E-state index is 13.2. The molecule has 1 N–H and O–H groups in total. The molecule has 3 heteroatoms. The molecule has 0 aromatic carbocycles. The zero-order valence-corrected chi connectivity index (χ0v) is 18.0. The van der Waals surface area contributed by atoms with E-state index in [9.17, 15) is 9.90 Å². The van der Waals surface area contributed by atoms with Crippen molar-refractivity contribution in [3.63, 3.8) is 0 Å². The minimum absolute atomic E-state index is 0.0246. The zero-order chi connectivity index (χ0) is 19.5. The lowest BCUT2D eigenvalue weighted by atomic mass is 9.42. The molecular weight excluding hydrogens is 348 g/mol. The zero-order valence-electron chi connectivity index (χ0n) is 18.0. The topological polar surface area (TPSA) is 49.8 Å². The number of carbonyl (C=O) groups is 1. The van der Waals surface area contributed by atoms with Crippen molar-refractivity contribution < 1.29 is 14.6 Å². The van der Waals surface area contributed by atoms with E-state index in [0.717, 1.165) is 37.5 Å². The number of hydrogen-bond acceptors (Lipinski definition) is 3. The van der Waals surface area contributed by atoms with Gasteiger partial charge in [0.1, 0.15) is 11.4 Å². The summed E-state index contributed by atoms with van der Waals surface area (Å²) < 4.78 is 6.48. The Hall–Kier alpha value is -0.410. The van der Waals surface area contributed by atoms with Gasteiger partial charge in [0.15, 0.2) is 0 Å². The molecule has 1 heterocycles. The van der Waals surface area contributed by atoms with E-state index in [-0.39, 0.29) is 27.9 Å². The van der Waals surface area contributed by atoms with Gasteiger partial charge >= 0.3 is 0 Å². The van der Waals surface area contributed by atoms with Crippen molar-refractivity contribution in [2.45, 2.75) is 109 Å². The highest BCUT2D eigenvalue weighted by molar-refractivity contribution is 5.84. The Balaban J connectivity index is 1.40. The molecule has 0 amide bonds. The Bertz CT molecular complexity index is 719. The highest BCUT2D eigenvalue weighted by atomic mass is 16.6. The number of aliphatic hydroxyl groups excluding tert-OH is 1. The highest BCUT2D eigenvalue weighted by Gasteiger charge is 2.77. The fourth-order valence-corrected chi connectivity index (χ4v) is 10.5. The lowest BCUT2D eigenvalue weighted by molar-refractivity contribution is -0.154. The number of carbonyl (C=O) groups excluding carboxylic acids is 1. The average Bonchev–Trinajstić information content (AvgIpc) is 3.27. The molecular formula is C25H38O3. The van der Waals surface area contributed by atoms with Crippen LogP contribution in [0.1, 0.15) is 91.4 Å². The minimum Gasteiger partial charge on any atom is -0.393 e. The minimum atomic E-state index is -0.168. The summed E-state index contributed by atoms with van der Waals surface area (Å²) in [6, 6.07) is 0. The molecule has 6 rings (SSSR count). The second kappa shape index (κ2) is 5.44. The molecule has 1 aliphatic heterocycles. The van der Waals surface area contributed by atoms with Crippen molar-refractivity contribution in [2.75, 3.05) is 0 Å². The van der Waals surface area contributed by atoms with Gasteiger partial charge in [-0.2, -0.15) is 0 Å². The number of hydrogen-bond donors (Lipinski definition) is 1. The van der Waals surface area contributed by atoms with E-state index in [0.29, 0.717) is 23.7 Å². The van der Waals surface area contributed by atoms with Crippen molar-refractivity contribution in [1.29, 1.82) is 0 Å². The smallest absolute Gasteiger partial charge is 0.136 e. The Morgan fingerprint density at radius 1 is 0.964 bits per heavy atom. The third-order valence-corrected chi connectivity index (χ3v) is 11.7. The average molecular weight is 387 g/mol. The fourth-order valence-electron chi connectivity index (χ4n) is 10.5. The molecule has 6 fully saturated rings. The van der Waals surface area contributed by atoms with Gasteiger partial charge in [-0.25, -0.2) is 0 Å². The van der Waals surface area contributed by atoms with Gasteiger partial charge in [0.2, 0.25) is 0 Å². The van der Waals surface area contributed by atoms with Crippen LogP contribution >= 0.6 is 0 Å². The van der Waals surface area contributed by atoms with Crippen molar-refractivity contribution in [3.05, 3.63) is 0 Å². The van der Waals surface area contributed by atoms with Crippen LogP contribution in [0.2, 0.25) is 0 Å². The molecule has 5 saturated carbocycles. The van der Waals surface area contributed by atoms with E-state index in [1.54, 1.807) is 0 Å². The molecule has 28 heavy (non-hydrogen) atoms. The predicted octanol–water partition coefficient (Wildman–Crippen LogP) is 4.90. The molecule has 0 aromatic rings. The molecule has 0 radical (unpaired) electrons. The molecule has 1 spiro atoms. The summed E-state index contributed by atoms with van der Waals surface area (Å²) in [5, 5.41) is 10.4.